The highest BCUT2D eigenvalue weighted by atomic mass is 16.7. The Morgan fingerprint density at radius 3 is 2.11 bits per heavy atom. The average molecular weight is 625 g/mol. The van der Waals surface area contributed by atoms with E-state index in [0.717, 1.165) is 12.3 Å². The summed E-state index contributed by atoms with van der Waals surface area (Å²) in [5, 5.41) is 91.3. The molecule has 44 heavy (non-hydrogen) atoms. The molecule has 3 aromatic rings. The molecule has 10 atom stereocenters. The maximum absolute atomic E-state index is 13.2. The maximum atomic E-state index is 13.2. The van der Waals surface area contributed by atoms with Gasteiger partial charge in [-0.25, -0.2) is 0 Å². The predicted octanol–water partition coefficient (Wildman–Crippen LogP) is -2.12. The monoisotopic (exact) mass is 624 g/mol. The number of rotatable bonds is 8. The first-order valence-electron chi connectivity index (χ1n) is 13.4. The smallest absolute Gasteiger partial charge is 0.229 e. The third-order valence-corrected chi connectivity index (χ3v) is 7.51. The summed E-state index contributed by atoms with van der Waals surface area (Å²) in [4.78, 5) is 13.2. The number of hydrogen-bond donors (Lipinski definition) is 9. The van der Waals surface area contributed by atoms with Crippen LogP contribution in [0, 0.1) is 0 Å². The third kappa shape index (κ3) is 5.92. The Bertz CT molecular complexity index is 1520. The van der Waals surface area contributed by atoms with Crippen molar-refractivity contribution in [1.82, 2.24) is 0 Å². The molecule has 9 N–H and O–H groups in total. The zero-order chi connectivity index (χ0) is 31.9. The number of aliphatic hydroxyl groups is 7. The summed E-state index contributed by atoms with van der Waals surface area (Å²) in [6.45, 7) is -1.27. The zero-order valence-electron chi connectivity index (χ0n) is 23.0. The highest BCUT2D eigenvalue weighted by molar-refractivity contribution is 5.88. The number of phenolic OH excluding ortho intramolecular Hbond substituents is 2. The lowest BCUT2D eigenvalue weighted by Crippen LogP contribution is -2.62. The van der Waals surface area contributed by atoms with Gasteiger partial charge >= 0.3 is 0 Å². The number of aromatic hydroxyl groups is 2. The minimum Gasteiger partial charge on any atom is -0.507 e. The second-order valence-electron chi connectivity index (χ2n) is 10.3. The molecule has 16 heteroatoms. The van der Waals surface area contributed by atoms with E-state index in [9.17, 15) is 50.8 Å². The van der Waals surface area contributed by atoms with E-state index >= 15 is 0 Å². The van der Waals surface area contributed by atoms with Crippen molar-refractivity contribution in [1.29, 1.82) is 0 Å². The van der Waals surface area contributed by atoms with Gasteiger partial charge in [0.1, 0.15) is 77.6 Å². The lowest BCUT2D eigenvalue weighted by Gasteiger charge is -2.42. The van der Waals surface area contributed by atoms with Crippen LogP contribution in [0.25, 0.3) is 22.1 Å². The first kappa shape index (κ1) is 31.9. The van der Waals surface area contributed by atoms with Crippen LogP contribution in [-0.2, 0) is 14.2 Å². The topological polar surface area (TPSA) is 258 Å². The van der Waals surface area contributed by atoms with E-state index in [2.05, 4.69) is 0 Å². The van der Waals surface area contributed by atoms with E-state index in [0.29, 0.717) is 5.56 Å². The molecule has 3 heterocycles. The fourth-order valence-corrected chi connectivity index (χ4v) is 5.01. The van der Waals surface area contributed by atoms with Crippen LogP contribution >= 0.6 is 0 Å². The molecule has 0 saturated carbocycles. The summed E-state index contributed by atoms with van der Waals surface area (Å²) in [7, 11) is 1.37. The molecule has 0 radical (unpaired) electrons. The quantitative estimate of drug-likeness (QED) is 0.130. The molecule has 2 aromatic carbocycles. The molecule has 240 valence electrons. The van der Waals surface area contributed by atoms with Gasteiger partial charge in [0.15, 0.2) is 17.8 Å². The van der Waals surface area contributed by atoms with Gasteiger partial charge in [-0.1, -0.05) is 6.07 Å². The first-order chi connectivity index (χ1) is 20.9. The Labute approximate surface area is 248 Å². The van der Waals surface area contributed by atoms with Crippen LogP contribution < -0.4 is 14.9 Å². The van der Waals surface area contributed by atoms with E-state index in [1.54, 1.807) is 0 Å². The molecule has 0 unspecified atom stereocenters. The fourth-order valence-electron chi connectivity index (χ4n) is 5.01. The molecule has 2 aliphatic rings. The molecular formula is C28H32O16. The number of benzene rings is 2. The summed E-state index contributed by atoms with van der Waals surface area (Å²) >= 11 is 0. The molecule has 0 spiro atoms. The highest BCUT2D eigenvalue weighted by Crippen LogP contribution is 2.35. The Balaban J connectivity index is 1.33. The van der Waals surface area contributed by atoms with E-state index in [1.807, 2.05) is 0 Å². The van der Waals surface area contributed by atoms with Crippen LogP contribution in [0.15, 0.2) is 45.8 Å². The van der Waals surface area contributed by atoms with Crippen LogP contribution in [0.1, 0.15) is 0 Å². The first-order valence-corrected chi connectivity index (χ1v) is 13.4. The summed E-state index contributed by atoms with van der Waals surface area (Å²) in [5.41, 5.74) is -0.413. The molecular weight excluding hydrogens is 592 g/mol. The molecule has 0 amide bonds. The van der Waals surface area contributed by atoms with Gasteiger partial charge in [0.2, 0.25) is 11.7 Å². The van der Waals surface area contributed by atoms with Gasteiger partial charge in [0.25, 0.3) is 0 Å². The van der Waals surface area contributed by atoms with Crippen molar-refractivity contribution in [3.8, 4) is 34.1 Å². The number of aliphatic hydroxyl groups excluding tert-OH is 7. The van der Waals surface area contributed by atoms with Gasteiger partial charge in [-0.3, -0.25) is 4.79 Å². The van der Waals surface area contributed by atoms with Crippen LogP contribution in [0.4, 0.5) is 0 Å². The molecule has 2 aliphatic heterocycles. The van der Waals surface area contributed by atoms with Crippen LogP contribution in [0.5, 0.6) is 23.0 Å². The van der Waals surface area contributed by atoms with E-state index < -0.39 is 85.8 Å². The molecule has 2 fully saturated rings. The van der Waals surface area contributed by atoms with Crippen LogP contribution in [0.3, 0.4) is 0 Å². The Hall–Kier alpha value is -3.55. The lowest BCUT2D eigenvalue weighted by atomic mass is 9.98. The second-order valence-corrected chi connectivity index (χ2v) is 10.3. The number of fused-ring (bicyclic) bond motifs is 1. The van der Waals surface area contributed by atoms with Crippen molar-refractivity contribution in [3.63, 3.8) is 0 Å². The maximum Gasteiger partial charge on any atom is 0.229 e. The van der Waals surface area contributed by atoms with Gasteiger partial charge < -0.3 is 74.1 Å². The average Bonchev–Trinajstić information content (AvgIpc) is 3.00. The molecule has 2 saturated heterocycles. The minimum absolute atomic E-state index is 0.0322. The third-order valence-electron chi connectivity index (χ3n) is 7.51. The molecule has 1 aromatic heterocycles. The number of hydrogen-bond acceptors (Lipinski definition) is 16. The van der Waals surface area contributed by atoms with E-state index in [1.165, 1.54) is 31.4 Å². The van der Waals surface area contributed by atoms with Gasteiger partial charge in [0.05, 0.1) is 25.9 Å². The van der Waals surface area contributed by atoms with Gasteiger partial charge in [-0.05, 0) is 17.7 Å². The SMILES string of the molecule is COc1ccc(-c2coc3cc(O[C@@H]4O[C@H](CO[C@@H]5O[C@H](CO)[C@@H](O)[C@H](O)[C@H]5O)[C@@H](O)[C@H](O)[C@H]4O)cc(O)c3c2=O)cc1O. The van der Waals surface area contributed by atoms with E-state index in [4.69, 9.17) is 28.1 Å². The van der Waals surface area contributed by atoms with Crippen molar-refractivity contribution in [3.05, 3.63) is 46.8 Å². The van der Waals surface area contributed by atoms with Gasteiger partial charge in [-0.2, -0.15) is 0 Å². The minimum atomic E-state index is -1.81. The Morgan fingerprint density at radius 1 is 0.795 bits per heavy atom. The van der Waals surface area contributed by atoms with Gasteiger partial charge in [-0.15, -0.1) is 0 Å². The van der Waals surface area contributed by atoms with Gasteiger partial charge in [0, 0.05) is 12.1 Å². The van der Waals surface area contributed by atoms with Crippen LogP contribution in [-0.4, -0.2) is 128 Å². The molecule has 16 nitrogen and oxygen atoms in total. The predicted molar refractivity (Wildman–Crippen MR) is 145 cm³/mol. The summed E-state index contributed by atoms with van der Waals surface area (Å²) in [6.07, 6.45) is -15.1. The number of phenols is 2. The van der Waals surface area contributed by atoms with Crippen molar-refractivity contribution < 1.29 is 74.1 Å². The van der Waals surface area contributed by atoms with Crippen LogP contribution in [0.2, 0.25) is 0 Å². The summed E-state index contributed by atoms with van der Waals surface area (Å²) in [5.74, 6) is -0.739. The normalized spacial score (nSPS) is 32.5. The summed E-state index contributed by atoms with van der Waals surface area (Å²) in [6, 6.07) is 6.53. The van der Waals surface area contributed by atoms with Crippen molar-refractivity contribution in [2.45, 2.75) is 61.4 Å². The van der Waals surface area contributed by atoms with Crippen molar-refractivity contribution in [2.24, 2.45) is 0 Å². The Kier molecular flexibility index (Phi) is 9.28. The number of methoxy groups -OCH3 is 1. The summed E-state index contributed by atoms with van der Waals surface area (Å²) < 4.78 is 32.4. The van der Waals surface area contributed by atoms with Crippen molar-refractivity contribution >= 4 is 11.0 Å². The molecule has 0 aliphatic carbocycles. The molecule has 0 bridgehead atoms. The largest absolute Gasteiger partial charge is 0.507 e. The van der Waals surface area contributed by atoms with Crippen molar-refractivity contribution in [2.75, 3.05) is 20.3 Å². The lowest BCUT2D eigenvalue weighted by molar-refractivity contribution is -0.323. The fraction of sp³-hybridized carbons (Fsp3) is 0.464. The Morgan fingerprint density at radius 2 is 1.45 bits per heavy atom. The highest BCUT2D eigenvalue weighted by Gasteiger charge is 2.48. The standard InChI is InChI=1S/C28H32O16/c1-39-15-3-2-10(4-13(15)30)12-8-40-16-6-11(5-14(31)19(16)20(12)32)42-28-26(38)24(36)22(34)18(44-28)9-41-27-25(37)23(35)21(33)17(7-29)43-27/h2-6,8,17-18,21-31,33-38H,7,9H2,1H3/t17-,18-,21-,22-,23+,24+,25-,26-,27-,28-/m1/s1. The number of ether oxygens (including phenoxy) is 5. The zero-order valence-corrected chi connectivity index (χ0v) is 23.0. The second kappa shape index (κ2) is 12.8. The molecule has 5 rings (SSSR count). The van der Waals surface area contributed by atoms with E-state index in [-0.39, 0.29) is 33.8 Å².